The summed E-state index contributed by atoms with van der Waals surface area (Å²) in [6, 6.07) is 20.3. The summed E-state index contributed by atoms with van der Waals surface area (Å²) in [4.78, 5) is 17.2. The summed E-state index contributed by atoms with van der Waals surface area (Å²) < 4.78 is 0. The highest BCUT2D eigenvalue weighted by atomic mass is 16.1. The normalized spacial score (nSPS) is 16.0. The highest BCUT2D eigenvalue weighted by Crippen LogP contribution is 2.11. The fraction of sp³-hybridized carbons (Fsp3) is 0.409. The second kappa shape index (κ2) is 9.50. The Morgan fingerprint density at radius 1 is 0.760 bits per heavy atom. The number of hydrogen-bond donors (Lipinski definition) is 0. The van der Waals surface area contributed by atoms with Gasteiger partial charge in [0.15, 0.2) is 5.78 Å². The van der Waals surface area contributed by atoms with Crippen LogP contribution < -0.4 is 0 Å². The zero-order valence-corrected chi connectivity index (χ0v) is 14.9. The van der Waals surface area contributed by atoms with Gasteiger partial charge in [-0.25, -0.2) is 0 Å². The van der Waals surface area contributed by atoms with E-state index >= 15 is 0 Å². The van der Waals surface area contributed by atoms with Crippen molar-refractivity contribution < 1.29 is 4.79 Å². The molecule has 0 radical (unpaired) electrons. The minimum atomic E-state index is 0.272. The number of piperazine rings is 1. The third kappa shape index (κ3) is 5.80. The Morgan fingerprint density at radius 3 is 2.04 bits per heavy atom. The van der Waals surface area contributed by atoms with E-state index in [9.17, 15) is 4.79 Å². The number of rotatable bonds is 8. The lowest BCUT2D eigenvalue weighted by atomic mass is 10.1. The lowest BCUT2D eigenvalue weighted by molar-refractivity contribution is 0.0973. The van der Waals surface area contributed by atoms with Gasteiger partial charge in [0.25, 0.3) is 0 Å². The van der Waals surface area contributed by atoms with Crippen molar-refractivity contribution >= 4 is 5.78 Å². The Morgan fingerprint density at radius 2 is 1.36 bits per heavy atom. The van der Waals surface area contributed by atoms with Gasteiger partial charge in [-0.2, -0.15) is 0 Å². The summed E-state index contributed by atoms with van der Waals surface area (Å²) in [6.45, 7) is 6.72. The van der Waals surface area contributed by atoms with Crippen LogP contribution in [0.1, 0.15) is 35.2 Å². The van der Waals surface area contributed by atoms with Crippen LogP contribution in [0.2, 0.25) is 0 Å². The van der Waals surface area contributed by atoms with Crippen LogP contribution in [0.4, 0.5) is 0 Å². The van der Waals surface area contributed by atoms with Crippen molar-refractivity contribution in [3.63, 3.8) is 0 Å². The van der Waals surface area contributed by atoms with E-state index in [1.54, 1.807) is 0 Å². The fourth-order valence-electron chi connectivity index (χ4n) is 3.40. The number of carbonyl (C=O) groups is 1. The van der Waals surface area contributed by atoms with Gasteiger partial charge in [-0.3, -0.25) is 9.69 Å². The molecule has 25 heavy (non-hydrogen) atoms. The third-order valence-corrected chi connectivity index (χ3v) is 4.94. The maximum atomic E-state index is 12.1. The van der Waals surface area contributed by atoms with E-state index in [1.807, 2.05) is 30.3 Å². The number of benzene rings is 2. The molecule has 1 aliphatic rings. The van der Waals surface area contributed by atoms with Crippen molar-refractivity contribution in [3.8, 4) is 0 Å². The van der Waals surface area contributed by atoms with Crippen molar-refractivity contribution in [2.24, 2.45) is 0 Å². The van der Waals surface area contributed by atoms with Crippen molar-refractivity contribution in [2.75, 3.05) is 32.7 Å². The molecule has 1 saturated heterocycles. The van der Waals surface area contributed by atoms with Gasteiger partial charge in [0, 0.05) is 44.7 Å². The van der Waals surface area contributed by atoms with Crippen LogP contribution in [-0.4, -0.2) is 48.3 Å². The van der Waals surface area contributed by atoms with Gasteiger partial charge in [0.1, 0.15) is 0 Å². The van der Waals surface area contributed by atoms with Gasteiger partial charge in [0.2, 0.25) is 0 Å². The summed E-state index contributed by atoms with van der Waals surface area (Å²) in [5, 5.41) is 0. The summed E-state index contributed by atoms with van der Waals surface area (Å²) in [5.74, 6) is 0.272. The van der Waals surface area contributed by atoms with E-state index in [2.05, 4.69) is 40.1 Å². The number of carbonyl (C=O) groups excluding carboxylic acids is 1. The van der Waals surface area contributed by atoms with Crippen LogP contribution in [0.3, 0.4) is 0 Å². The van der Waals surface area contributed by atoms with Gasteiger partial charge in [-0.05, 0) is 24.9 Å². The second-order valence-corrected chi connectivity index (χ2v) is 6.85. The van der Waals surface area contributed by atoms with Crippen molar-refractivity contribution in [2.45, 2.75) is 25.8 Å². The molecule has 0 bridgehead atoms. The van der Waals surface area contributed by atoms with Crippen molar-refractivity contribution in [1.29, 1.82) is 0 Å². The molecule has 0 atom stereocenters. The number of unbranched alkanes of at least 4 members (excludes halogenated alkanes) is 1. The molecule has 3 heteroatoms. The van der Waals surface area contributed by atoms with E-state index in [0.29, 0.717) is 6.42 Å². The molecule has 2 aromatic rings. The maximum Gasteiger partial charge on any atom is 0.162 e. The molecule has 0 unspecified atom stereocenters. The van der Waals surface area contributed by atoms with Gasteiger partial charge >= 0.3 is 0 Å². The topological polar surface area (TPSA) is 23.6 Å². The molecule has 0 aliphatic carbocycles. The molecule has 1 heterocycles. The summed E-state index contributed by atoms with van der Waals surface area (Å²) in [6.07, 6.45) is 2.76. The second-order valence-electron chi connectivity index (χ2n) is 6.85. The van der Waals surface area contributed by atoms with Crippen LogP contribution in [0.5, 0.6) is 0 Å². The van der Waals surface area contributed by atoms with Crippen LogP contribution >= 0.6 is 0 Å². The van der Waals surface area contributed by atoms with Crippen molar-refractivity contribution in [3.05, 3.63) is 71.8 Å². The molecule has 1 aliphatic heterocycles. The largest absolute Gasteiger partial charge is 0.301 e. The number of ketones is 1. The van der Waals surface area contributed by atoms with Crippen LogP contribution in [0.15, 0.2) is 60.7 Å². The Kier molecular flexibility index (Phi) is 6.78. The Bertz CT molecular complexity index is 634. The molecule has 132 valence electrons. The molecule has 0 aromatic heterocycles. The monoisotopic (exact) mass is 336 g/mol. The van der Waals surface area contributed by atoms with E-state index in [-0.39, 0.29) is 5.78 Å². The quantitative estimate of drug-likeness (QED) is 0.540. The van der Waals surface area contributed by atoms with Crippen molar-refractivity contribution in [1.82, 2.24) is 9.80 Å². The van der Waals surface area contributed by atoms with E-state index in [0.717, 1.165) is 57.7 Å². The predicted octanol–water partition coefficient (Wildman–Crippen LogP) is 3.86. The first kappa shape index (κ1) is 17.8. The number of nitrogens with zero attached hydrogens (tertiary/aromatic N) is 2. The lowest BCUT2D eigenvalue weighted by Crippen LogP contribution is -2.46. The molecule has 0 N–H and O–H groups in total. The average Bonchev–Trinajstić information content (AvgIpc) is 2.68. The molecule has 2 aromatic carbocycles. The van der Waals surface area contributed by atoms with Crippen LogP contribution in [-0.2, 0) is 6.54 Å². The predicted molar refractivity (Wildman–Crippen MR) is 103 cm³/mol. The van der Waals surface area contributed by atoms with Crippen LogP contribution in [0.25, 0.3) is 0 Å². The zero-order chi connectivity index (χ0) is 17.3. The molecule has 3 nitrogen and oxygen atoms in total. The smallest absolute Gasteiger partial charge is 0.162 e. The molecule has 3 rings (SSSR count). The van der Waals surface area contributed by atoms with E-state index in [4.69, 9.17) is 0 Å². The number of Topliss-reactive ketones (excluding diaryl/α,β-unsaturated/α-hetero) is 1. The Hall–Kier alpha value is -1.97. The molecular formula is C22H28N2O. The zero-order valence-electron chi connectivity index (χ0n) is 14.9. The van der Waals surface area contributed by atoms with Gasteiger partial charge in [-0.1, -0.05) is 60.7 Å². The molecule has 1 fully saturated rings. The Balaban J connectivity index is 1.30. The maximum absolute atomic E-state index is 12.1. The SMILES string of the molecule is O=C(CCCCN1CCN(Cc2ccccc2)CC1)c1ccccc1. The summed E-state index contributed by atoms with van der Waals surface area (Å²) in [7, 11) is 0. The standard InChI is InChI=1S/C22H28N2O/c25-22(21-11-5-2-6-12-21)13-7-8-14-23-15-17-24(18-16-23)19-20-9-3-1-4-10-20/h1-6,9-12H,7-8,13-19H2. The van der Waals surface area contributed by atoms with E-state index in [1.165, 1.54) is 5.56 Å². The van der Waals surface area contributed by atoms with Gasteiger partial charge < -0.3 is 4.90 Å². The minimum absolute atomic E-state index is 0.272. The van der Waals surface area contributed by atoms with E-state index < -0.39 is 0 Å². The summed E-state index contributed by atoms with van der Waals surface area (Å²) >= 11 is 0. The highest BCUT2D eigenvalue weighted by molar-refractivity contribution is 5.95. The third-order valence-electron chi connectivity index (χ3n) is 4.94. The molecule has 0 spiro atoms. The first-order valence-electron chi connectivity index (χ1n) is 9.38. The minimum Gasteiger partial charge on any atom is -0.301 e. The molecule has 0 amide bonds. The first-order valence-corrected chi connectivity index (χ1v) is 9.38. The van der Waals surface area contributed by atoms with Gasteiger partial charge in [0.05, 0.1) is 0 Å². The number of hydrogen-bond acceptors (Lipinski definition) is 3. The molecule has 0 saturated carbocycles. The first-order chi connectivity index (χ1) is 12.3. The fourth-order valence-corrected chi connectivity index (χ4v) is 3.40. The molecular weight excluding hydrogens is 308 g/mol. The average molecular weight is 336 g/mol. The highest BCUT2D eigenvalue weighted by Gasteiger charge is 2.16. The van der Waals surface area contributed by atoms with Gasteiger partial charge in [-0.15, -0.1) is 0 Å². The van der Waals surface area contributed by atoms with Crippen LogP contribution in [0, 0.1) is 0 Å². The Labute approximate surface area is 151 Å². The summed E-state index contributed by atoms with van der Waals surface area (Å²) in [5.41, 5.74) is 2.24. The lowest BCUT2D eigenvalue weighted by Gasteiger charge is -2.34.